The van der Waals surface area contributed by atoms with Crippen molar-refractivity contribution in [3.8, 4) is 0 Å². The summed E-state index contributed by atoms with van der Waals surface area (Å²) >= 11 is 0. The fraction of sp³-hybridized carbons (Fsp3) is 0.500. The van der Waals surface area contributed by atoms with Crippen molar-refractivity contribution in [2.45, 2.75) is 70.1 Å². The molecule has 9 N–H and O–H groups in total. The van der Waals surface area contributed by atoms with Gasteiger partial charge in [0.25, 0.3) is 0 Å². The molecule has 1 saturated heterocycles. The molecule has 13 heteroatoms. The van der Waals surface area contributed by atoms with Gasteiger partial charge in [0.1, 0.15) is 18.1 Å². The number of ether oxygens (including phenoxy) is 1. The summed E-state index contributed by atoms with van der Waals surface area (Å²) in [6.07, 6.45) is 2.02. The molecule has 0 radical (unpaired) electrons. The summed E-state index contributed by atoms with van der Waals surface area (Å²) in [5.41, 5.74) is 19.2. The standard InChI is InChI=1S/C34H50N8O5/c1-23(2)20-28(32(45)41-29(22-38-34(36)37)33(46)42-16-9-18-47-19-17-42)40-31(44)27(15-14-24-10-5-3-6-11-24)39-30(43)26(35)21-25-12-7-4-8-13-25/h3-8,10-13,23,26-29H,9,14-22,35H2,1-2H3,(H,39,43)(H,40,44)(H,41,45)(H4,36,37,38)/t26-,27-,28-,29-/m1/s1. The zero-order chi connectivity index (χ0) is 34.2. The molecule has 4 atom stereocenters. The van der Waals surface area contributed by atoms with Crippen molar-refractivity contribution in [3.63, 3.8) is 0 Å². The zero-order valence-corrected chi connectivity index (χ0v) is 27.4. The van der Waals surface area contributed by atoms with Crippen LogP contribution < -0.4 is 33.2 Å². The Balaban J connectivity index is 1.77. The van der Waals surface area contributed by atoms with E-state index in [1.54, 1.807) is 4.90 Å². The number of nitrogens with one attached hydrogen (secondary N) is 3. The van der Waals surface area contributed by atoms with Gasteiger partial charge in [-0.25, -0.2) is 0 Å². The van der Waals surface area contributed by atoms with E-state index in [2.05, 4.69) is 20.9 Å². The average molecular weight is 651 g/mol. The lowest BCUT2D eigenvalue weighted by molar-refractivity contribution is -0.137. The monoisotopic (exact) mass is 650 g/mol. The Morgan fingerprint density at radius 2 is 1.40 bits per heavy atom. The van der Waals surface area contributed by atoms with Gasteiger partial charge in [-0.15, -0.1) is 0 Å². The third kappa shape index (κ3) is 13.0. The van der Waals surface area contributed by atoms with Gasteiger partial charge in [-0.2, -0.15) is 0 Å². The van der Waals surface area contributed by atoms with E-state index in [0.29, 0.717) is 45.6 Å². The Bertz CT molecular complexity index is 1310. The Labute approximate surface area is 277 Å². The van der Waals surface area contributed by atoms with Gasteiger partial charge in [0, 0.05) is 19.7 Å². The maximum Gasteiger partial charge on any atom is 0.247 e. The molecule has 4 amide bonds. The van der Waals surface area contributed by atoms with Crippen molar-refractivity contribution in [2.75, 3.05) is 32.8 Å². The lowest BCUT2D eigenvalue weighted by atomic mass is 10.00. The third-order valence-electron chi connectivity index (χ3n) is 7.78. The molecule has 3 rings (SSSR count). The number of nitrogens with zero attached hydrogens (tertiary/aromatic N) is 2. The van der Waals surface area contributed by atoms with E-state index in [1.807, 2.05) is 74.5 Å². The van der Waals surface area contributed by atoms with Gasteiger partial charge in [0.05, 0.1) is 19.2 Å². The van der Waals surface area contributed by atoms with Crippen molar-refractivity contribution in [2.24, 2.45) is 28.1 Å². The minimum Gasteiger partial charge on any atom is -0.380 e. The number of rotatable bonds is 16. The molecular formula is C34H50N8O5. The molecule has 0 aliphatic carbocycles. The van der Waals surface area contributed by atoms with E-state index in [0.717, 1.165) is 11.1 Å². The second-order valence-corrected chi connectivity index (χ2v) is 12.2. The number of amides is 4. The smallest absolute Gasteiger partial charge is 0.247 e. The quantitative estimate of drug-likeness (QED) is 0.109. The highest BCUT2D eigenvalue weighted by Gasteiger charge is 2.32. The van der Waals surface area contributed by atoms with Crippen molar-refractivity contribution in [3.05, 3.63) is 71.8 Å². The molecule has 0 unspecified atom stereocenters. The van der Waals surface area contributed by atoms with Gasteiger partial charge < -0.3 is 42.8 Å². The van der Waals surface area contributed by atoms with Gasteiger partial charge in [-0.05, 0) is 49.1 Å². The Hall–Kier alpha value is -4.49. The van der Waals surface area contributed by atoms with E-state index in [1.165, 1.54) is 0 Å². The number of carbonyl (C=O) groups excluding carboxylic acids is 4. The van der Waals surface area contributed by atoms with E-state index >= 15 is 0 Å². The topological polar surface area (TPSA) is 207 Å². The first-order valence-electron chi connectivity index (χ1n) is 16.2. The van der Waals surface area contributed by atoms with Crippen LogP contribution in [0.4, 0.5) is 0 Å². The Morgan fingerprint density at radius 1 is 0.809 bits per heavy atom. The highest BCUT2D eigenvalue weighted by molar-refractivity contribution is 5.95. The van der Waals surface area contributed by atoms with Crippen molar-refractivity contribution < 1.29 is 23.9 Å². The summed E-state index contributed by atoms with van der Waals surface area (Å²) < 4.78 is 5.47. The number of carbonyl (C=O) groups is 4. The number of nitrogens with two attached hydrogens (primary N) is 3. The van der Waals surface area contributed by atoms with E-state index in [-0.39, 0.29) is 37.2 Å². The summed E-state index contributed by atoms with van der Waals surface area (Å²) in [4.78, 5) is 59.8. The lowest BCUT2D eigenvalue weighted by Gasteiger charge is -2.28. The van der Waals surface area contributed by atoms with Crippen LogP contribution in [0, 0.1) is 5.92 Å². The molecule has 2 aromatic rings. The molecule has 0 saturated carbocycles. The van der Waals surface area contributed by atoms with Crippen LogP contribution in [0.5, 0.6) is 0 Å². The molecule has 1 fully saturated rings. The maximum atomic E-state index is 13.8. The second kappa shape index (κ2) is 19.2. The molecule has 2 aromatic carbocycles. The van der Waals surface area contributed by atoms with Crippen LogP contribution in [0.25, 0.3) is 0 Å². The first-order valence-corrected chi connectivity index (χ1v) is 16.2. The van der Waals surface area contributed by atoms with E-state index < -0.39 is 41.9 Å². The molecule has 0 bridgehead atoms. The SMILES string of the molecule is CC(C)C[C@@H](NC(=O)[C@@H](CCc1ccccc1)NC(=O)[C@H](N)Cc1ccccc1)C(=O)N[C@H](CN=C(N)N)C(=O)N1CCCOCC1. The first-order chi connectivity index (χ1) is 22.5. The minimum atomic E-state index is -1.06. The van der Waals surface area contributed by atoms with Crippen molar-refractivity contribution in [1.82, 2.24) is 20.9 Å². The van der Waals surface area contributed by atoms with Crippen LogP contribution in [0.15, 0.2) is 65.7 Å². The number of aliphatic imine (C=N–C) groups is 1. The maximum absolute atomic E-state index is 13.8. The molecule has 1 heterocycles. The fourth-order valence-electron chi connectivity index (χ4n) is 5.28. The highest BCUT2D eigenvalue weighted by Crippen LogP contribution is 2.11. The Morgan fingerprint density at radius 3 is 2.04 bits per heavy atom. The normalized spacial score (nSPS) is 15.8. The second-order valence-electron chi connectivity index (χ2n) is 12.2. The van der Waals surface area contributed by atoms with Crippen LogP contribution in [0.1, 0.15) is 44.2 Å². The molecule has 1 aliphatic rings. The fourth-order valence-corrected chi connectivity index (χ4v) is 5.28. The zero-order valence-electron chi connectivity index (χ0n) is 27.4. The van der Waals surface area contributed by atoms with Crippen LogP contribution in [-0.2, 0) is 36.8 Å². The molecule has 1 aliphatic heterocycles. The number of guanidine groups is 1. The molecule has 0 aromatic heterocycles. The number of hydrogen-bond acceptors (Lipinski definition) is 7. The summed E-state index contributed by atoms with van der Waals surface area (Å²) in [6, 6.07) is 15.1. The molecule has 47 heavy (non-hydrogen) atoms. The van der Waals surface area contributed by atoms with Crippen LogP contribution >= 0.6 is 0 Å². The van der Waals surface area contributed by atoms with Crippen LogP contribution in [-0.4, -0.2) is 91.5 Å². The minimum absolute atomic E-state index is 0.0114. The van der Waals surface area contributed by atoms with Gasteiger partial charge in [0.15, 0.2) is 5.96 Å². The molecule has 13 nitrogen and oxygen atoms in total. The highest BCUT2D eigenvalue weighted by atomic mass is 16.5. The largest absolute Gasteiger partial charge is 0.380 e. The van der Waals surface area contributed by atoms with E-state index in [4.69, 9.17) is 21.9 Å². The lowest BCUT2D eigenvalue weighted by Crippen LogP contribution is -2.59. The van der Waals surface area contributed by atoms with Gasteiger partial charge in [-0.1, -0.05) is 74.5 Å². The summed E-state index contributed by atoms with van der Waals surface area (Å²) in [5.74, 6) is -2.11. The number of benzene rings is 2. The summed E-state index contributed by atoms with van der Waals surface area (Å²) in [7, 11) is 0. The average Bonchev–Trinajstić information content (AvgIpc) is 3.34. The predicted molar refractivity (Wildman–Crippen MR) is 181 cm³/mol. The first kappa shape index (κ1) is 37.0. The Kier molecular flexibility index (Phi) is 15.1. The third-order valence-corrected chi connectivity index (χ3v) is 7.78. The molecule has 0 spiro atoms. The van der Waals surface area contributed by atoms with E-state index in [9.17, 15) is 19.2 Å². The van der Waals surface area contributed by atoms with Gasteiger partial charge in [-0.3, -0.25) is 24.2 Å². The van der Waals surface area contributed by atoms with Gasteiger partial charge >= 0.3 is 0 Å². The van der Waals surface area contributed by atoms with Crippen molar-refractivity contribution in [1.29, 1.82) is 0 Å². The van der Waals surface area contributed by atoms with Crippen molar-refractivity contribution >= 4 is 29.6 Å². The van der Waals surface area contributed by atoms with Gasteiger partial charge in [0.2, 0.25) is 23.6 Å². The number of aryl methyl sites for hydroxylation is 1. The van der Waals surface area contributed by atoms with Crippen LogP contribution in [0.2, 0.25) is 0 Å². The summed E-state index contributed by atoms with van der Waals surface area (Å²) in [6.45, 7) is 5.43. The number of hydrogen-bond donors (Lipinski definition) is 6. The predicted octanol–water partition coefficient (Wildman–Crippen LogP) is 0.212. The van der Waals surface area contributed by atoms with Crippen LogP contribution in [0.3, 0.4) is 0 Å². The summed E-state index contributed by atoms with van der Waals surface area (Å²) in [5, 5.41) is 8.43. The molecule has 256 valence electrons. The molecular weight excluding hydrogens is 600 g/mol.